The van der Waals surface area contributed by atoms with E-state index >= 15 is 0 Å². The maximum atomic E-state index is 12.8. The Morgan fingerprint density at radius 3 is 2.33 bits per heavy atom. The molecule has 1 heterocycles. The standard InChI is InChI=1S/C16H22N2O2S/c1-16(2,3)14-15(20)18(10-9-13(19)17-14)11-5-7-12(21-4)8-6-11/h5-8,14H,9-10H2,1-4H3,(H,17,19). The van der Waals surface area contributed by atoms with Gasteiger partial charge in [-0.15, -0.1) is 11.8 Å². The highest BCUT2D eigenvalue weighted by molar-refractivity contribution is 7.98. The molecule has 21 heavy (non-hydrogen) atoms. The average Bonchev–Trinajstić information content (AvgIpc) is 2.58. The fourth-order valence-corrected chi connectivity index (χ4v) is 2.79. The minimum atomic E-state index is -0.493. The molecule has 1 atom stereocenters. The Balaban J connectivity index is 2.32. The molecule has 1 saturated heterocycles. The van der Waals surface area contributed by atoms with Gasteiger partial charge >= 0.3 is 0 Å². The normalized spacial score (nSPS) is 20.2. The van der Waals surface area contributed by atoms with Gasteiger partial charge in [0.05, 0.1) is 0 Å². The number of carbonyl (C=O) groups is 2. The average molecular weight is 306 g/mol. The number of thioether (sulfide) groups is 1. The lowest BCUT2D eigenvalue weighted by Crippen LogP contribution is -2.52. The van der Waals surface area contributed by atoms with Crippen LogP contribution in [0.5, 0.6) is 0 Å². The van der Waals surface area contributed by atoms with Crippen LogP contribution >= 0.6 is 11.8 Å². The van der Waals surface area contributed by atoms with Crippen molar-refractivity contribution in [3.05, 3.63) is 24.3 Å². The van der Waals surface area contributed by atoms with E-state index in [4.69, 9.17) is 0 Å². The molecule has 0 radical (unpaired) electrons. The Bertz CT molecular complexity index is 534. The van der Waals surface area contributed by atoms with Crippen LogP contribution in [-0.2, 0) is 9.59 Å². The van der Waals surface area contributed by atoms with Gasteiger partial charge in [0.25, 0.3) is 0 Å². The molecule has 0 aromatic heterocycles. The lowest BCUT2D eigenvalue weighted by atomic mass is 9.86. The zero-order valence-electron chi connectivity index (χ0n) is 13.0. The topological polar surface area (TPSA) is 49.4 Å². The number of anilines is 1. The summed E-state index contributed by atoms with van der Waals surface area (Å²) in [4.78, 5) is 27.5. The van der Waals surface area contributed by atoms with Crippen LogP contribution in [0, 0.1) is 5.41 Å². The highest BCUT2D eigenvalue weighted by Crippen LogP contribution is 2.27. The zero-order valence-corrected chi connectivity index (χ0v) is 13.8. The number of hydrogen-bond donors (Lipinski definition) is 1. The molecule has 1 fully saturated rings. The molecule has 1 aliphatic rings. The molecule has 1 aromatic carbocycles. The second kappa shape index (κ2) is 6.10. The highest BCUT2D eigenvalue weighted by atomic mass is 32.2. The molecule has 0 aliphatic carbocycles. The van der Waals surface area contributed by atoms with E-state index < -0.39 is 6.04 Å². The monoisotopic (exact) mass is 306 g/mol. The van der Waals surface area contributed by atoms with Crippen molar-refractivity contribution >= 4 is 29.3 Å². The predicted octanol–water partition coefficient (Wildman–Crippen LogP) is 2.68. The second-order valence-corrected chi connectivity index (χ2v) is 7.18. The molecule has 1 aromatic rings. The summed E-state index contributed by atoms with van der Waals surface area (Å²) in [5.41, 5.74) is 0.540. The number of benzene rings is 1. The van der Waals surface area contributed by atoms with E-state index in [-0.39, 0.29) is 17.2 Å². The zero-order chi connectivity index (χ0) is 15.6. The third-order valence-electron chi connectivity index (χ3n) is 3.63. The lowest BCUT2D eigenvalue weighted by Gasteiger charge is -2.32. The van der Waals surface area contributed by atoms with E-state index in [1.807, 2.05) is 51.3 Å². The fourth-order valence-electron chi connectivity index (χ4n) is 2.38. The molecule has 1 aliphatic heterocycles. The molecular formula is C16H22N2O2S. The summed E-state index contributed by atoms with van der Waals surface area (Å²) < 4.78 is 0. The van der Waals surface area contributed by atoms with Crippen LogP contribution in [0.1, 0.15) is 27.2 Å². The van der Waals surface area contributed by atoms with Gasteiger partial charge in [-0.25, -0.2) is 0 Å². The van der Waals surface area contributed by atoms with Crippen LogP contribution < -0.4 is 10.2 Å². The van der Waals surface area contributed by atoms with Gasteiger partial charge in [-0.05, 0) is 35.9 Å². The van der Waals surface area contributed by atoms with E-state index in [2.05, 4.69) is 5.32 Å². The van der Waals surface area contributed by atoms with Crippen molar-refractivity contribution < 1.29 is 9.59 Å². The molecule has 2 rings (SSSR count). The molecule has 2 amide bonds. The first kappa shape index (κ1) is 15.9. The Morgan fingerprint density at radius 2 is 1.81 bits per heavy atom. The Hall–Kier alpha value is -1.49. The van der Waals surface area contributed by atoms with Crippen LogP contribution in [0.15, 0.2) is 29.2 Å². The maximum Gasteiger partial charge on any atom is 0.250 e. The third-order valence-corrected chi connectivity index (χ3v) is 4.37. The van der Waals surface area contributed by atoms with Crippen LogP contribution in [-0.4, -0.2) is 30.7 Å². The van der Waals surface area contributed by atoms with Gasteiger partial charge in [0.2, 0.25) is 11.8 Å². The lowest BCUT2D eigenvalue weighted by molar-refractivity contribution is -0.127. The predicted molar refractivity (Wildman–Crippen MR) is 86.6 cm³/mol. The van der Waals surface area contributed by atoms with Gasteiger partial charge in [-0.2, -0.15) is 0 Å². The summed E-state index contributed by atoms with van der Waals surface area (Å²) in [5, 5.41) is 2.86. The summed E-state index contributed by atoms with van der Waals surface area (Å²) in [6.45, 7) is 6.33. The van der Waals surface area contributed by atoms with Crippen LogP contribution in [0.2, 0.25) is 0 Å². The number of amides is 2. The summed E-state index contributed by atoms with van der Waals surface area (Å²) in [6.07, 6.45) is 2.35. The number of nitrogens with one attached hydrogen (secondary N) is 1. The van der Waals surface area contributed by atoms with Crippen LogP contribution in [0.3, 0.4) is 0 Å². The first-order valence-electron chi connectivity index (χ1n) is 7.08. The minimum Gasteiger partial charge on any atom is -0.344 e. The fraction of sp³-hybridized carbons (Fsp3) is 0.500. The van der Waals surface area contributed by atoms with E-state index in [1.165, 1.54) is 0 Å². The van der Waals surface area contributed by atoms with E-state index in [0.717, 1.165) is 10.6 Å². The van der Waals surface area contributed by atoms with Gasteiger partial charge in [0, 0.05) is 23.5 Å². The van der Waals surface area contributed by atoms with Gasteiger partial charge in [-0.1, -0.05) is 20.8 Å². The summed E-state index contributed by atoms with van der Waals surface area (Å²) in [7, 11) is 0. The van der Waals surface area contributed by atoms with Gasteiger partial charge < -0.3 is 10.2 Å². The molecule has 0 spiro atoms. The maximum absolute atomic E-state index is 12.8. The van der Waals surface area contributed by atoms with Gasteiger partial charge in [0.15, 0.2) is 0 Å². The Kier molecular flexibility index (Phi) is 4.61. The molecular weight excluding hydrogens is 284 g/mol. The number of rotatable bonds is 2. The minimum absolute atomic E-state index is 0.0368. The van der Waals surface area contributed by atoms with Crippen molar-refractivity contribution in [1.82, 2.24) is 5.32 Å². The van der Waals surface area contributed by atoms with Gasteiger partial charge in [-0.3, -0.25) is 9.59 Å². The van der Waals surface area contributed by atoms with Crippen LogP contribution in [0.4, 0.5) is 5.69 Å². The molecule has 4 nitrogen and oxygen atoms in total. The molecule has 0 bridgehead atoms. The van der Waals surface area contributed by atoms with Crippen molar-refractivity contribution in [3.63, 3.8) is 0 Å². The van der Waals surface area contributed by atoms with Crippen molar-refractivity contribution in [2.24, 2.45) is 5.41 Å². The third kappa shape index (κ3) is 3.59. The Morgan fingerprint density at radius 1 is 1.19 bits per heavy atom. The number of nitrogens with zero attached hydrogens (tertiary/aromatic N) is 1. The highest BCUT2D eigenvalue weighted by Gasteiger charge is 2.38. The summed E-state index contributed by atoms with van der Waals surface area (Å²) >= 11 is 1.66. The van der Waals surface area contributed by atoms with Crippen molar-refractivity contribution in [2.75, 3.05) is 17.7 Å². The summed E-state index contributed by atoms with van der Waals surface area (Å²) in [6, 6.07) is 7.39. The Labute approximate surface area is 130 Å². The molecule has 114 valence electrons. The SMILES string of the molecule is CSc1ccc(N2CCC(=O)NC(C(C)(C)C)C2=O)cc1. The van der Waals surface area contributed by atoms with Crippen molar-refractivity contribution in [1.29, 1.82) is 0 Å². The van der Waals surface area contributed by atoms with E-state index in [1.54, 1.807) is 16.7 Å². The second-order valence-electron chi connectivity index (χ2n) is 6.30. The quantitative estimate of drug-likeness (QED) is 0.855. The van der Waals surface area contributed by atoms with Crippen LogP contribution in [0.25, 0.3) is 0 Å². The smallest absolute Gasteiger partial charge is 0.250 e. The van der Waals surface area contributed by atoms with Gasteiger partial charge in [0.1, 0.15) is 6.04 Å². The van der Waals surface area contributed by atoms with Crippen molar-refractivity contribution in [2.45, 2.75) is 38.1 Å². The molecule has 5 heteroatoms. The molecule has 1 unspecified atom stereocenters. The molecule has 1 N–H and O–H groups in total. The van der Waals surface area contributed by atoms with Crippen molar-refractivity contribution in [3.8, 4) is 0 Å². The first-order valence-corrected chi connectivity index (χ1v) is 8.30. The molecule has 0 saturated carbocycles. The summed E-state index contributed by atoms with van der Waals surface area (Å²) in [5.74, 6) is -0.100. The largest absolute Gasteiger partial charge is 0.344 e. The first-order chi connectivity index (χ1) is 9.82. The van der Waals surface area contributed by atoms with E-state index in [0.29, 0.717) is 13.0 Å². The van der Waals surface area contributed by atoms with E-state index in [9.17, 15) is 9.59 Å². The number of carbonyl (C=O) groups excluding carboxylic acids is 2. The number of hydrogen-bond acceptors (Lipinski definition) is 3.